The summed E-state index contributed by atoms with van der Waals surface area (Å²) < 4.78 is 27.9. The summed E-state index contributed by atoms with van der Waals surface area (Å²) >= 11 is 5.84. The number of nitrogens with one attached hydrogen (secondary N) is 1. The van der Waals surface area contributed by atoms with E-state index in [4.69, 9.17) is 11.6 Å². The van der Waals surface area contributed by atoms with Gasteiger partial charge in [-0.3, -0.25) is 4.79 Å². The van der Waals surface area contributed by atoms with Gasteiger partial charge in [0.15, 0.2) is 0 Å². The van der Waals surface area contributed by atoms with Gasteiger partial charge in [-0.05, 0) is 36.4 Å². The van der Waals surface area contributed by atoms with Gasteiger partial charge in [0, 0.05) is 35.0 Å². The fourth-order valence-corrected chi connectivity index (χ4v) is 2.28. The summed E-state index contributed by atoms with van der Waals surface area (Å²) in [5, 5.41) is 7.42. The second kappa shape index (κ2) is 6.80. The van der Waals surface area contributed by atoms with Crippen molar-refractivity contribution in [1.82, 2.24) is 15.1 Å². The average Bonchev–Trinajstić information content (AvgIpc) is 3.01. The smallest absolute Gasteiger partial charge is 0.251 e. The molecule has 0 aliphatic rings. The van der Waals surface area contributed by atoms with Gasteiger partial charge in [0.2, 0.25) is 0 Å². The minimum Gasteiger partial charge on any atom is -0.348 e. The van der Waals surface area contributed by atoms with E-state index in [9.17, 15) is 13.6 Å². The molecule has 1 N–H and O–H groups in total. The number of hydrogen-bond acceptors (Lipinski definition) is 2. The van der Waals surface area contributed by atoms with Crippen LogP contribution in [-0.4, -0.2) is 15.7 Å². The number of halogens is 3. The maximum absolute atomic E-state index is 13.1. The lowest BCUT2D eigenvalue weighted by molar-refractivity contribution is 0.0950. The molecule has 1 amide bonds. The molecule has 0 unspecified atom stereocenters. The van der Waals surface area contributed by atoms with Crippen molar-refractivity contribution in [3.8, 4) is 5.69 Å². The second-order valence-electron chi connectivity index (χ2n) is 5.11. The largest absolute Gasteiger partial charge is 0.348 e. The van der Waals surface area contributed by atoms with Crippen molar-refractivity contribution in [2.45, 2.75) is 6.54 Å². The van der Waals surface area contributed by atoms with Crippen molar-refractivity contribution in [2.24, 2.45) is 0 Å². The van der Waals surface area contributed by atoms with Crippen molar-refractivity contribution in [3.05, 3.63) is 82.6 Å². The van der Waals surface area contributed by atoms with Gasteiger partial charge in [0.25, 0.3) is 5.91 Å². The third-order valence-electron chi connectivity index (χ3n) is 3.31. The van der Waals surface area contributed by atoms with Crippen LogP contribution in [0, 0.1) is 11.6 Å². The quantitative estimate of drug-likeness (QED) is 0.781. The number of aromatic nitrogens is 2. The van der Waals surface area contributed by atoms with E-state index < -0.39 is 17.5 Å². The normalized spacial score (nSPS) is 10.6. The molecule has 24 heavy (non-hydrogen) atoms. The van der Waals surface area contributed by atoms with Crippen LogP contribution in [0.15, 0.2) is 54.9 Å². The first-order chi connectivity index (χ1) is 11.5. The zero-order chi connectivity index (χ0) is 17.1. The van der Waals surface area contributed by atoms with Crippen LogP contribution in [0.5, 0.6) is 0 Å². The van der Waals surface area contributed by atoms with Crippen LogP contribution in [-0.2, 0) is 6.54 Å². The number of carbonyl (C=O) groups is 1. The predicted molar refractivity (Wildman–Crippen MR) is 86.1 cm³/mol. The van der Waals surface area contributed by atoms with Crippen LogP contribution in [0.1, 0.15) is 15.9 Å². The van der Waals surface area contributed by atoms with E-state index in [1.165, 1.54) is 0 Å². The Balaban J connectivity index is 1.67. The van der Waals surface area contributed by atoms with Gasteiger partial charge < -0.3 is 5.32 Å². The van der Waals surface area contributed by atoms with Crippen LogP contribution in [0.2, 0.25) is 5.02 Å². The van der Waals surface area contributed by atoms with Crippen molar-refractivity contribution in [2.75, 3.05) is 0 Å². The van der Waals surface area contributed by atoms with Crippen LogP contribution in [0.3, 0.4) is 0 Å². The van der Waals surface area contributed by atoms with Crippen LogP contribution >= 0.6 is 11.6 Å². The van der Waals surface area contributed by atoms with Crippen molar-refractivity contribution in [1.29, 1.82) is 0 Å². The van der Waals surface area contributed by atoms with E-state index >= 15 is 0 Å². The first-order valence-corrected chi connectivity index (χ1v) is 7.43. The minimum atomic E-state index is -0.796. The molecule has 4 nitrogen and oxygen atoms in total. The molecule has 122 valence electrons. The predicted octanol–water partition coefficient (Wildman–Crippen LogP) is 3.73. The van der Waals surface area contributed by atoms with Crippen LogP contribution < -0.4 is 5.32 Å². The molecule has 7 heteroatoms. The summed E-state index contributed by atoms with van der Waals surface area (Å²) in [6.07, 6.45) is 3.34. The first-order valence-electron chi connectivity index (χ1n) is 7.05. The van der Waals surface area contributed by atoms with Gasteiger partial charge in [-0.15, -0.1) is 0 Å². The highest BCUT2D eigenvalue weighted by molar-refractivity contribution is 6.30. The highest BCUT2D eigenvalue weighted by Gasteiger charge is 2.10. The molecule has 0 aliphatic heterocycles. The lowest BCUT2D eigenvalue weighted by Crippen LogP contribution is -2.22. The number of amides is 1. The molecule has 0 fully saturated rings. The van der Waals surface area contributed by atoms with E-state index in [2.05, 4.69) is 10.4 Å². The minimum absolute atomic E-state index is 0.0717. The van der Waals surface area contributed by atoms with E-state index in [1.54, 1.807) is 29.2 Å². The van der Waals surface area contributed by atoms with E-state index in [0.717, 1.165) is 23.4 Å². The molecule has 0 bridgehead atoms. The number of carbonyl (C=O) groups excluding carboxylic acids is 1. The molecule has 1 heterocycles. The van der Waals surface area contributed by atoms with Crippen molar-refractivity contribution in [3.63, 3.8) is 0 Å². The van der Waals surface area contributed by atoms with Gasteiger partial charge in [-0.2, -0.15) is 5.10 Å². The lowest BCUT2D eigenvalue weighted by Gasteiger charge is -2.04. The van der Waals surface area contributed by atoms with Gasteiger partial charge in [0.05, 0.1) is 11.9 Å². The number of benzene rings is 2. The molecule has 0 radical (unpaired) electrons. The number of nitrogens with zero attached hydrogens (tertiary/aromatic N) is 2. The second-order valence-corrected chi connectivity index (χ2v) is 5.55. The molecule has 0 saturated carbocycles. The summed E-state index contributed by atoms with van der Waals surface area (Å²) in [5.74, 6) is -2.15. The lowest BCUT2D eigenvalue weighted by atomic mass is 10.2. The SMILES string of the molecule is O=C(NCc1cnn(-c2ccc(Cl)cc2)c1)c1cc(F)cc(F)c1. The monoisotopic (exact) mass is 347 g/mol. The summed E-state index contributed by atoms with van der Waals surface area (Å²) in [4.78, 5) is 12.0. The van der Waals surface area contributed by atoms with Gasteiger partial charge in [-0.1, -0.05) is 11.6 Å². The zero-order valence-electron chi connectivity index (χ0n) is 12.3. The Hall–Kier alpha value is -2.73. The summed E-state index contributed by atoms with van der Waals surface area (Å²) in [6.45, 7) is 0.185. The Morgan fingerprint density at radius 2 is 1.79 bits per heavy atom. The molecular weight excluding hydrogens is 336 g/mol. The maximum atomic E-state index is 13.1. The molecule has 1 aromatic heterocycles. The Morgan fingerprint density at radius 3 is 2.46 bits per heavy atom. The fourth-order valence-electron chi connectivity index (χ4n) is 2.16. The summed E-state index contributed by atoms with van der Waals surface area (Å²) in [6, 6.07) is 9.80. The maximum Gasteiger partial charge on any atom is 0.251 e. The topological polar surface area (TPSA) is 46.9 Å². The highest BCUT2D eigenvalue weighted by atomic mass is 35.5. The average molecular weight is 348 g/mol. The van der Waals surface area contributed by atoms with Gasteiger partial charge in [0.1, 0.15) is 11.6 Å². The van der Waals surface area contributed by atoms with Crippen LogP contribution in [0.25, 0.3) is 5.69 Å². The van der Waals surface area contributed by atoms with Crippen molar-refractivity contribution < 1.29 is 13.6 Å². The van der Waals surface area contributed by atoms with E-state index in [1.807, 2.05) is 12.1 Å². The Kier molecular flexibility index (Phi) is 4.57. The molecular formula is C17H12ClF2N3O. The fraction of sp³-hybridized carbons (Fsp3) is 0.0588. The Labute approximate surface area is 141 Å². The molecule has 0 spiro atoms. The molecule has 0 saturated heterocycles. The third kappa shape index (κ3) is 3.78. The number of hydrogen-bond donors (Lipinski definition) is 1. The van der Waals surface area contributed by atoms with Crippen molar-refractivity contribution >= 4 is 17.5 Å². The summed E-state index contributed by atoms with van der Waals surface area (Å²) in [7, 11) is 0. The highest BCUT2D eigenvalue weighted by Crippen LogP contribution is 2.13. The molecule has 3 aromatic rings. The summed E-state index contributed by atoms with van der Waals surface area (Å²) in [5.41, 5.74) is 1.50. The van der Waals surface area contributed by atoms with Gasteiger partial charge in [-0.25, -0.2) is 13.5 Å². The zero-order valence-corrected chi connectivity index (χ0v) is 13.1. The Morgan fingerprint density at radius 1 is 1.12 bits per heavy atom. The first kappa shape index (κ1) is 16.1. The molecule has 0 aliphatic carbocycles. The van der Waals surface area contributed by atoms with E-state index in [0.29, 0.717) is 11.1 Å². The molecule has 2 aromatic carbocycles. The third-order valence-corrected chi connectivity index (χ3v) is 3.56. The van der Waals surface area contributed by atoms with Crippen LogP contribution in [0.4, 0.5) is 8.78 Å². The Bertz CT molecular complexity index is 858. The standard InChI is InChI=1S/C17H12ClF2N3O/c18-13-1-3-16(4-2-13)23-10-11(9-22-23)8-21-17(24)12-5-14(19)7-15(20)6-12/h1-7,9-10H,8H2,(H,21,24). The number of rotatable bonds is 4. The van der Waals surface area contributed by atoms with E-state index in [-0.39, 0.29) is 12.1 Å². The van der Waals surface area contributed by atoms with Gasteiger partial charge >= 0.3 is 0 Å². The molecule has 0 atom stereocenters. The molecule has 3 rings (SSSR count).